The van der Waals surface area contributed by atoms with Crippen LogP contribution >= 0.6 is 11.3 Å². The fourth-order valence-electron chi connectivity index (χ4n) is 2.53. The SMILES string of the molecule is Cc1ccc(NC(=O)c2cc3c(s2)CCCC3)c(O)c1. The van der Waals surface area contributed by atoms with Crippen LogP contribution in [0.5, 0.6) is 5.75 Å². The number of phenols is 1. The number of rotatable bonds is 2. The maximum Gasteiger partial charge on any atom is 0.265 e. The van der Waals surface area contributed by atoms with Gasteiger partial charge in [-0.25, -0.2) is 0 Å². The summed E-state index contributed by atoms with van der Waals surface area (Å²) in [6.45, 7) is 1.90. The zero-order chi connectivity index (χ0) is 14.1. The molecule has 0 fully saturated rings. The maximum atomic E-state index is 12.3. The first-order valence-corrected chi connectivity index (χ1v) is 7.67. The highest BCUT2D eigenvalue weighted by atomic mass is 32.1. The van der Waals surface area contributed by atoms with Gasteiger partial charge in [0.05, 0.1) is 10.6 Å². The van der Waals surface area contributed by atoms with Crippen molar-refractivity contribution in [3.63, 3.8) is 0 Å². The van der Waals surface area contributed by atoms with E-state index in [4.69, 9.17) is 0 Å². The first-order valence-electron chi connectivity index (χ1n) is 6.86. The smallest absolute Gasteiger partial charge is 0.265 e. The van der Waals surface area contributed by atoms with Crippen molar-refractivity contribution in [1.82, 2.24) is 0 Å². The van der Waals surface area contributed by atoms with Crippen molar-refractivity contribution in [3.05, 3.63) is 45.1 Å². The lowest BCUT2D eigenvalue weighted by Gasteiger charge is -2.08. The summed E-state index contributed by atoms with van der Waals surface area (Å²) in [6, 6.07) is 7.25. The van der Waals surface area contributed by atoms with Crippen molar-refractivity contribution in [2.24, 2.45) is 0 Å². The zero-order valence-electron chi connectivity index (χ0n) is 11.4. The number of nitrogens with one attached hydrogen (secondary N) is 1. The molecule has 20 heavy (non-hydrogen) atoms. The Kier molecular flexibility index (Phi) is 3.49. The number of fused-ring (bicyclic) bond motifs is 1. The van der Waals surface area contributed by atoms with Gasteiger partial charge in [-0.2, -0.15) is 0 Å². The van der Waals surface area contributed by atoms with Crippen LogP contribution < -0.4 is 5.32 Å². The molecule has 0 saturated carbocycles. The number of thiophene rings is 1. The van der Waals surface area contributed by atoms with E-state index >= 15 is 0 Å². The third kappa shape index (κ3) is 2.56. The minimum Gasteiger partial charge on any atom is -0.506 e. The Bertz CT molecular complexity index is 637. The number of hydrogen-bond acceptors (Lipinski definition) is 3. The Morgan fingerprint density at radius 3 is 2.80 bits per heavy atom. The molecule has 1 aromatic heterocycles. The molecule has 3 rings (SSSR count). The van der Waals surface area contributed by atoms with Gasteiger partial charge in [0.1, 0.15) is 5.75 Å². The normalized spacial score (nSPS) is 13.8. The van der Waals surface area contributed by atoms with Crippen molar-refractivity contribution < 1.29 is 9.90 Å². The summed E-state index contributed by atoms with van der Waals surface area (Å²) in [6.07, 6.45) is 4.59. The number of anilines is 1. The van der Waals surface area contributed by atoms with Crippen LogP contribution in [-0.4, -0.2) is 11.0 Å². The summed E-state index contributed by atoms with van der Waals surface area (Å²) in [5, 5.41) is 12.6. The number of aryl methyl sites for hydroxylation is 3. The summed E-state index contributed by atoms with van der Waals surface area (Å²) >= 11 is 1.58. The summed E-state index contributed by atoms with van der Waals surface area (Å²) in [4.78, 5) is 14.3. The number of carbonyl (C=O) groups excluding carboxylic acids is 1. The lowest BCUT2D eigenvalue weighted by atomic mass is 9.99. The molecule has 104 valence electrons. The molecule has 0 saturated heterocycles. The van der Waals surface area contributed by atoms with Crippen molar-refractivity contribution in [3.8, 4) is 5.75 Å². The van der Waals surface area contributed by atoms with Gasteiger partial charge in [0.2, 0.25) is 0 Å². The molecule has 0 radical (unpaired) electrons. The van der Waals surface area contributed by atoms with Gasteiger partial charge in [-0.3, -0.25) is 4.79 Å². The van der Waals surface area contributed by atoms with E-state index in [1.165, 1.54) is 23.3 Å². The van der Waals surface area contributed by atoms with Crippen LogP contribution in [-0.2, 0) is 12.8 Å². The van der Waals surface area contributed by atoms with Crippen LogP contribution in [0.15, 0.2) is 24.3 Å². The monoisotopic (exact) mass is 287 g/mol. The number of amides is 1. The van der Waals surface area contributed by atoms with E-state index in [1.807, 2.05) is 19.1 Å². The Labute approximate surface area is 122 Å². The molecule has 1 aliphatic carbocycles. The number of carbonyl (C=O) groups is 1. The van der Waals surface area contributed by atoms with E-state index in [-0.39, 0.29) is 11.7 Å². The highest BCUT2D eigenvalue weighted by Gasteiger charge is 2.17. The Morgan fingerprint density at radius 2 is 2.05 bits per heavy atom. The van der Waals surface area contributed by atoms with Crippen molar-refractivity contribution in [2.75, 3.05) is 5.32 Å². The molecule has 3 nitrogen and oxygen atoms in total. The Balaban J connectivity index is 1.80. The topological polar surface area (TPSA) is 49.3 Å². The van der Waals surface area contributed by atoms with E-state index in [1.54, 1.807) is 23.5 Å². The summed E-state index contributed by atoms with van der Waals surface area (Å²) in [5.41, 5.74) is 2.75. The molecule has 1 aliphatic rings. The second-order valence-electron chi connectivity index (χ2n) is 5.24. The van der Waals surface area contributed by atoms with Gasteiger partial charge in [0.25, 0.3) is 5.91 Å². The molecule has 0 spiro atoms. The van der Waals surface area contributed by atoms with Crippen molar-refractivity contribution >= 4 is 22.9 Å². The Morgan fingerprint density at radius 1 is 1.25 bits per heavy atom. The van der Waals surface area contributed by atoms with Gasteiger partial charge >= 0.3 is 0 Å². The molecular formula is C16H17NO2S. The average molecular weight is 287 g/mol. The molecule has 1 amide bonds. The molecule has 0 atom stereocenters. The minimum atomic E-state index is -0.136. The average Bonchev–Trinajstić information content (AvgIpc) is 2.86. The largest absolute Gasteiger partial charge is 0.506 e. The predicted octanol–water partition coefficient (Wildman–Crippen LogP) is 3.89. The number of aromatic hydroxyl groups is 1. The van der Waals surface area contributed by atoms with Gasteiger partial charge in [-0.15, -0.1) is 11.3 Å². The standard InChI is InChI=1S/C16H17NO2S/c1-10-6-7-12(13(18)8-10)17-16(19)15-9-11-4-2-3-5-14(11)20-15/h6-9,18H,2-5H2,1H3,(H,17,19). The number of phenolic OH excluding ortho intramolecular Hbond substituents is 1. The second kappa shape index (κ2) is 5.29. The van der Waals surface area contributed by atoms with Crippen LogP contribution in [0.4, 0.5) is 5.69 Å². The highest BCUT2D eigenvalue weighted by Crippen LogP contribution is 2.31. The summed E-state index contributed by atoms with van der Waals surface area (Å²) in [7, 11) is 0. The lowest BCUT2D eigenvalue weighted by molar-refractivity contribution is 0.103. The van der Waals surface area contributed by atoms with Crippen LogP contribution in [0, 0.1) is 6.92 Å². The van der Waals surface area contributed by atoms with E-state index in [2.05, 4.69) is 5.32 Å². The molecule has 0 unspecified atom stereocenters. The van der Waals surface area contributed by atoms with Crippen LogP contribution in [0.3, 0.4) is 0 Å². The van der Waals surface area contributed by atoms with E-state index in [0.29, 0.717) is 5.69 Å². The molecule has 0 bridgehead atoms. The molecule has 0 aliphatic heterocycles. The van der Waals surface area contributed by atoms with Gasteiger partial charge < -0.3 is 10.4 Å². The minimum absolute atomic E-state index is 0.111. The van der Waals surface area contributed by atoms with Crippen LogP contribution in [0.25, 0.3) is 0 Å². The summed E-state index contributed by atoms with van der Waals surface area (Å²) < 4.78 is 0. The predicted molar refractivity (Wildman–Crippen MR) is 81.8 cm³/mol. The Hall–Kier alpha value is -1.81. The van der Waals surface area contributed by atoms with Crippen molar-refractivity contribution in [1.29, 1.82) is 0 Å². The van der Waals surface area contributed by atoms with Gasteiger partial charge in [-0.1, -0.05) is 6.07 Å². The number of benzene rings is 1. The molecule has 2 aromatic rings. The first-order chi connectivity index (χ1) is 9.63. The zero-order valence-corrected chi connectivity index (χ0v) is 12.2. The molecule has 4 heteroatoms. The second-order valence-corrected chi connectivity index (χ2v) is 6.38. The quantitative estimate of drug-likeness (QED) is 0.823. The van der Waals surface area contributed by atoms with E-state index in [0.717, 1.165) is 23.3 Å². The van der Waals surface area contributed by atoms with Gasteiger partial charge in [-0.05, 0) is 61.9 Å². The highest BCUT2D eigenvalue weighted by molar-refractivity contribution is 7.14. The molecule has 2 N–H and O–H groups in total. The van der Waals surface area contributed by atoms with E-state index in [9.17, 15) is 9.90 Å². The fraction of sp³-hybridized carbons (Fsp3) is 0.312. The van der Waals surface area contributed by atoms with Gasteiger partial charge in [0.15, 0.2) is 0 Å². The third-order valence-electron chi connectivity index (χ3n) is 3.62. The molecular weight excluding hydrogens is 270 g/mol. The van der Waals surface area contributed by atoms with Crippen molar-refractivity contribution in [2.45, 2.75) is 32.6 Å². The maximum absolute atomic E-state index is 12.3. The van der Waals surface area contributed by atoms with Crippen LogP contribution in [0.1, 0.15) is 38.5 Å². The third-order valence-corrected chi connectivity index (χ3v) is 4.86. The fourth-order valence-corrected chi connectivity index (χ4v) is 3.68. The summed E-state index contributed by atoms with van der Waals surface area (Å²) in [5.74, 6) is -0.0248. The number of hydrogen-bond donors (Lipinski definition) is 2. The first kappa shape index (κ1) is 13.2. The lowest BCUT2D eigenvalue weighted by Crippen LogP contribution is -2.10. The molecule has 1 heterocycles. The van der Waals surface area contributed by atoms with Crippen LogP contribution in [0.2, 0.25) is 0 Å². The van der Waals surface area contributed by atoms with E-state index < -0.39 is 0 Å². The van der Waals surface area contributed by atoms with Gasteiger partial charge in [0, 0.05) is 4.88 Å². The molecule has 1 aromatic carbocycles.